The van der Waals surface area contributed by atoms with Crippen LogP contribution in [0.4, 0.5) is 0 Å². The van der Waals surface area contributed by atoms with Gasteiger partial charge in [-0.25, -0.2) is 0 Å². The molecular weight excluding hydrogens is 268 g/mol. The highest BCUT2D eigenvalue weighted by atomic mass is 16.5. The van der Waals surface area contributed by atoms with E-state index in [0.29, 0.717) is 0 Å². The highest BCUT2D eigenvalue weighted by Crippen LogP contribution is 2.45. The summed E-state index contributed by atoms with van der Waals surface area (Å²) in [5.74, 6) is 1.05. The van der Waals surface area contributed by atoms with Crippen molar-refractivity contribution >= 4 is 0 Å². The van der Waals surface area contributed by atoms with E-state index < -0.39 is 0 Å². The molecule has 1 heteroatoms. The maximum absolute atomic E-state index is 5.89. The minimum Gasteiger partial charge on any atom is -0.496 e. The lowest BCUT2D eigenvalue weighted by Crippen LogP contribution is -2.23. The lowest BCUT2D eigenvalue weighted by Gasteiger charge is -2.33. The molecule has 1 aliphatic rings. The molecule has 0 bridgehead atoms. The van der Waals surface area contributed by atoms with E-state index in [1.807, 2.05) is 0 Å². The Kier molecular flexibility index (Phi) is 4.30. The molecule has 0 saturated carbocycles. The molecule has 0 radical (unpaired) electrons. The van der Waals surface area contributed by atoms with Crippen molar-refractivity contribution in [3.05, 3.63) is 52.1 Å². The molecule has 2 rings (SSSR count). The molecule has 0 amide bonds. The number of ether oxygens (including phenoxy) is 1. The smallest absolute Gasteiger partial charge is 0.126 e. The number of rotatable bonds is 3. The van der Waals surface area contributed by atoms with Gasteiger partial charge in [0.05, 0.1) is 7.11 Å². The molecule has 0 unspecified atom stereocenters. The number of methoxy groups -OCH3 is 1. The molecule has 1 aromatic rings. The minimum atomic E-state index is -0.0222. The Labute approximate surface area is 136 Å². The molecule has 1 nitrogen and oxygen atoms in total. The monoisotopic (exact) mass is 298 g/mol. The standard InChI is InChI=1S/C21H30O/c1-14-9-10-16(11-14)21(6,7)18-13-15(2)12-17(19(18)22-8)20(3,4)5/h9-10,12-13H,11H2,1-8H3. The van der Waals surface area contributed by atoms with Crippen LogP contribution < -0.4 is 4.74 Å². The molecule has 22 heavy (non-hydrogen) atoms. The Bertz CT molecular complexity index is 637. The normalized spacial score (nSPS) is 15.6. The molecule has 0 aliphatic heterocycles. The number of aryl methyl sites for hydroxylation is 1. The Morgan fingerprint density at radius 1 is 0.909 bits per heavy atom. The van der Waals surface area contributed by atoms with Gasteiger partial charge >= 0.3 is 0 Å². The first-order valence-electron chi connectivity index (χ1n) is 8.13. The van der Waals surface area contributed by atoms with Gasteiger partial charge in [-0.1, -0.05) is 75.6 Å². The van der Waals surface area contributed by atoms with Crippen molar-refractivity contribution in [3.8, 4) is 5.75 Å². The first kappa shape index (κ1) is 16.9. The topological polar surface area (TPSA) is 9.23 Å². The number of hydrogen-bond acceptors (Lipinski definition) is 1. The third-order valence-corrected chi connectivity index (χ3v) is 4.76. The molecule has 0 atom stereocenters. The third-order valence-electron chi connectivity index (χ3n) is 4.76. The van der Waals surface area contributed by atoms with Crippen LogP contribution in [0.15, 0.2) is 35.4 Å². The van der Waals surface area contributed by atoms with Gasteiger partial charge in [0.2, 0.25) is 0 Å². The van der Waals surface area contributed by atoms with Crippen LogP contribution in [0, 0.1) is 6.92 Å². The average molecular weight is 298 g/mol. The first-order valence-corrected chi connectivity index (χ1v) is 8.13. The van der Waals surface area contributed by atoms with Gasteiger partial charge in [0, 0.05) is 16.5 Å². The SMILES string of the molecule is COc1c(C(C)(C)C)cc(C)cc1C(C)(C)C1=CC=C(C)C1. The molecule has 0 N–H and O–H groups in total. The zero-order valence-corrected chi connectivity index (χ0v) is 15.4. The van der Waals surface area contributed by atoms with Crippen LogP contribution in [0.5, 0.6) is 5.75 Å². The summed E-state index contributed by atoms with van der Waals surface area (Å²) in [5.41, 5.74) is 6.85. The molecule has 120 valence electrons. The predicted octanol–water partition coefficient (Wildman–Crippen LogP) is 5.86. The van der Waals surface area contributed by atoms with Crippen molar-refractivity contribution in [2.24, 2.45) is 0 Å². The molecule has 0 fully saturated rings. The van der Waals surface area contributed by atoms with Gasteiger partial charge < -0.3 is 4.74 Å². The van der Waals surface area contributed by atoms with E-state index in [-0.39, 0.29) is 10.8 Å². The largest absolute Gasteiger partial charge is 0.496 e. The van der Waals surface area contributed by atoms with Crippen molar-refractivity contribution in [2.75, 3.05) is 7.11 Å². The van der Waals surface area contributed by atoms with Crippen molar-refractivity contribution in [3.63, 3.8) is 0 Å². The predicted molar refractivity (Wildman–Crippen MR) is 95.9 cm³/mol. The summed E-state index contributed by atoms with van der Waals surface area (Å²) < 4.78 is 5.89. The highest BCUT2D eigenvalue weighted by Gasteiger charge is 2.33. The second-order valence-electron chi connectivity index (χ2n) is 8.15. The third kappa shape index (κ3) is 2.99. The van der Waals surface area contributed by atoms with Crippen molar-refractivity contribution < 1.29 is 4.74 Å². The van der Waals surface area contributed by atoms with Crippen LogP contribution in [0.3, 0.4) is 0 Å². The molecule has 0 aromatic heterocycles. The van der Waals surface area contributed by atoms with E-state index in [4.69, 9.17) is 4.74 Å². The van der Waals surface area contributed by atoms with Crippen LogP contribution in [-0.4, -0.2) is 7.11 Å². The quantitative estimate of drug-likeness (QED) is 0.679. The Morgan fingerprint density at radius 3 is 1.95 bits per heavy atom. The van der Waals surface area contributed by atoms with Gasteiger partial charge in [0.15, 0.2) is 0 Å². The number of allylic oxidation sites excluding steroid dienone is 4. The number of hydrogen-bond donors (Lipinski definition) is 0. The molecule has 0 saturated heterocycles. The van der Waals surface area contributed by atoms with Gasteiger partial charge in [-0.3, -0.25) is 0 Å². The zero-order chi connectivity index (χ0) is 16.7. The van der Waals surface area contributed by atoms with Crippen LogP contribution in [0.25, 0.3) is 0 Å². The lowest BCUT2D eigenvalue weighted by molar-refractivity contribution is 0.383. The number of benzene rings is 1. The molecule has 1 aromatic carbocycles. The maximum Gasteiger partial charge on any atom is 0.126 e. The summed E-state index contributed by atoms with van der Waals surface area (Å²) in [5, 5.41) is 0. The minimum absolute atomic E-state index is 0.0222. The fraction of sp³-hybridized carbons (Fsp3) is 0.524. The molecular formula is C21H30O. The fourth-order valence-corrected chi connectivity index (χ4v) is 3.28. The summed E-state index contributed by atoms with van der Waals surface area (Å²) in [6, 6.07) is 4.56. The van der Waals surface area contributed by atoms with Gasteiger partial charge in [-0.05, 0) is 25.7 Å². The Balaban J connectivity index is 2.62. The summed E-state index contributed by atoms with van der Waals surface area (Å²) in [6.07, 6.45) is 5.59. The van der Waals surface area contributed by atoms with Crippen molar-refractivity contribution in [2.45, 2.75) is 65.7 Å². The van der Waals surface area contributed by atoms with Crippen molar-refractivity contribution in [1.29, 1.82) is 0 Å². The second kappa shape index (κ2) is 5.61. The first-order chi connectivity index (χ1) is 10.1. The highest BCUT2D eigenvalue weighted by molar-refractivity contribution is 5.55. The molecule has 0 spiro atoms. The van der Waals surface area contributed by atoms with E-state index in [1.165, 1.54) is 27.8 Å². The summed E-state index contributed by atoms with van der Waals surface area (Å²) in [4.78, 5) is 0. The van der Waals surface area contributed by atoms with Crippen LogP contribution in [0.2, 0.25) is 0 Å². The van der Waals surface area contributed by atoms with Crippen LogP contribution in [-0.2, 0) is 10.8 Å². The molecule has 1 aliphatic carbocycles. The maximum atomic E-state index is 5.89. The van der Waals surface area contributed by atoms with E-state index in [0.717, 1.165) is 12.2 Å². The summed E-state index contributed by atoms with van der Waals surface area (Å²) in [7, 11) is 1.80. The van der Waals surface area contributed by atoms with E-state index in [2.05, 4.69) is 72.8 Å². The van der Waals surface area contributed by atoms with Gasteiger partial charge in [-0.2, -0.15) is 0 Å². The fourth-order valence-electron chi connectivity index (χ4n) is 3.28. The lowest BCUT2D eigenvalue weighted by atomic mass is 9.73. The second-order valence-corrected chi connectivity index (χ2v) is 8.15. The Hall–Kier alpha value is -1.50. The average Bonchev–Trinajstić information content (AvgIpc) is 2.84. The molecule has 0 heterocycles. The van der Waals surface area contributed by atoms with E-state index in [9.17, 15) is 0 Å². The Morgan fingerprint density at radius 2 is 1.50 bits per heavy atom. The van der Waals surface area contributed by atoms with E-state index >= 15 is 0 Å². The summed E-state index contributed by atoms with van der Waals surface area (Å²) >= 11 is 0. The van der Waals surface area contributed by atoms with E-state index in [1.54, 1.807) is 7.11 Å². The van der Waals surface area contributed by atoms with Crippen molar-refractivity contribution in [1.82, 2.24) is 0 Å². The van der Waals surface area contributed by atoms with Gasteiger partial charge in [0.25, 0.3) is 0 Å². The summed E-state index contributed by atoms with van der Waals surface area (Å²) in [6.45, 7) is 15.8. The zero-order valence-electron chi connectivity index (χ0n) is 15.4. The van der Waals surface area contributed by atoms with Gasteiger partial charge in [0.1, 0.15) is 5.75 Å². The van der Waals surface area contributed by atoms with Gasteiger partial charge in [-0.15, -0.1) is 0 Å². The van der Waals surface area contributed by atoms with Crippen LogP contribution >= 0.6 is 0 Å². The van der Waals surface area contributed by atoms with Crippen LogP contribution in [0.1, 0.15) is 64.7 Å².